The summed E-state index contributed by atoms with van der Waals surface area (Å²) in [6.07, 6.45) is 11.6. The Labute approximate surface area is 115 Å². The molecule has 1 heterocycles. The molecule has 0 saturated heterocycles. The van der Waals surface area contributed by atoms with E-state index >= 15 is 0 Å². The molecule has 1 aromatic heterocycles. The maximum absolute atomic E-state index is 3.92. The van der Waals surface area contributed by atoms with E-state index in [0.29, 0.717) is 6.04 Å². The molecular formula is C16H25NS. The van der Waals surface area contributed by atoms with Crippen molar-refractivity contribution in [3.05, 3.63) is 22.4 Å². The topological polar surface area (TPSA) is 12.0 Å². The van der Waals surface area contributed by atoms with Gasteiger partial charge in [0.15, 0.2) is 0 Å². The molecule has 0 amide bonds. The fraction of sp³-hybridized carbons (Fsp3) is 0.750. The van der Waals surface area contributed by atoms with Crippen LogP contribution in [0.2, 0.25) is 0 Å². The van der Waals surface area contributed by atoms with Crippen LogP contribution >= 0.6 is 11.3 Å². The quantitative estimate of drug-likeness (QED) is 0.807. The van der Waals surface area contributed by atoms with Crippen molar-refractivity contribution >= 4 is 11.3 Å². The minimum atomic E-state index is 0.646. The summed E-state index contributed by atoms with van der Waals surface area (Å²) in [6.45, 7) is 1.25. The molecule has 0 aliphatic heterocycles. The summed E-state index contributed by atoms with van der Waals surface area (Å²) in [5.41, 5.74) is 0. The smallest absolute Gasteiger partial charge is 0.0443 e. The molecule has 0 spiro atoms. The van der Waals surface area contributed by atoms with Gasteiger partial charge in [-0.15, -0.1) is 11.3 Å². The lowest BCUT2D eigenvalue weighted by molar-refractivity contribution is 0.344. The van der Waals surface area contributed by atoms with Crippen molar-refractivity contribution < 1.29 is 0 Å². The Morgan fingerprint density at radius 3 is 2.50 bits per heavy atom. The predicted molar refractivity (Wildman–Crippen MR) is 79.0 cm³/mol. The van der Waals surface area contributed by atoms with Crippen molar-refractivity contribution in [1.29, 1.82) is 0 Å². The van der Waals surface area contributed by atoms with Gasteiger partial charge in [0.1, 0.15) is 0 Å². The number of hydrogen-bond donors (Lipinski definition) is 1. The lowest BCUT2D eigenvalue weighted by Gasteiger charge is -2.25. The summed E-state index contributed by atoms with van der Waals surface area (Å²) in [7, 11) is 0. The van der Waals surface area contributed by atoms with Gasteiger partial charge in [-0.05, 0) is 55.5 Å². The van der Waals surface area contributed by atoms with E-state index in [-0.39, 0.29) is 0 Å². The molecule has 1 aromatic rings. The van der Waals surface area contributed by atoms with E-state index in [4.69, 9.17) is 0 Å². The number of thiophene rings is 1. The molecule has 100 valence electrons. The lowest BCUT2D eigenvalue weighted by atomic mass is 9.96. The van der Waals surface area contributed by atoms with E-state index in [1.807, 2.05) is 11.3 Å². The lowest BCUT2D eigenvalue weighted by Crippen LogP contribution is -2.30. The summed E-state index contributed by atoms with van der Waals surface area (Å²) in [5.74, 6) is 1.85. The molecule has 0 aromatic carbocycles. The molecule has 2 fully saturated rings. The van der Waals surface area contributed by atoms with Gasteiger partial charge in [-0.2, -0.15) is 0 Å². The first kappa shape index (κ1) is 12.7. The summed E-state index contributed by atoms with van der Waals surface area (Å²) in [5, 5.41) is 6.15. The van der Waals surface area contributed by atoms with Crippen molar-refractivity contribution in [2.24, 2.45) is 11.8 Å². The first-order valence-corrected chi connectivity index (χ1v) is 8.58. The van der Waals surface area contributed by atoms with E-state index in [2.05, 4.69) is 22.8 Å². The highest BCUT2D eigenvalue weighted by Gasteiger charge is 2.27. The Morgan fingerprint density at radius 2 is 1.83 bits per heavy atom. The van der Waals surface area contributed by atoms with Crippen LogP contribution in [-0.4, -0.2) is 6.54 Å². The number of hydrogen-bond acceptors (Lipinski definition) is 2. The van der Waals surface area contributed by atoms with Gasteiger partial charge >= 0.3 is 0 Å². The van der Waals surface area contributed by atoms with Crippen LogP contribution in [0.25, 0.3) is 0 Å². The van der Waals surface area contributed by atoms with Crippen LogP contribution in [0, 0.1) is 11.8 Å². The molecule has 2 saturated carbocycles. The van der Waals surface area contributed by atoms with Crippen LogP contribution in [0.5, 0.6) is 0 Å². The molecule has 0 bridgehead atoms. The zero-order chi connectivity index (χ0) is 12.2. The number of nitrogens with one attached hydrogen (secondary N) is 1. The van der Waals surface area contributed by atoms with E-state index in [0.717, 1.165) is 11.8 Å². The molecule has 1 unspecified atom stereocenters. The molecule has 1 N–H and O–H groups in total. The van der Waals surface area contributed by atoms with Gasteiger partial charge in [0.05, 0.1) is 0 Å². The van der Waals surface area contributed by atoms with Crippen molar-refractivity contribution in [2.45, 2.75) is 57.4 Å². The summed E-state index contributed by atoms with van der Waals surface area (Å²) < 4.78 is 0. The number of rotatable bonds is 5. The Bertz CT molecular complexity index is 334. The minimum Gasteiger partial charge on any atom is -0.309 e. The van der Waals surface area contributed by atoms with Crippen LogP contribution in [0.15, 0.2) is 17.5 Å². The van der Waals surface area contributed by atoms with Gasteiger partial charge < -0.3 is 5.32 Å². The van der Waals surface area contributed by atoms with Crippen molar-refractivity contribution in [3.8, 4) is 0 Å². The summed E-state index contributed by atoms with van der Waals surface area (Å²) in [4.78, 5) is 1.57. The first-order valence-electron chi connectivity index (χ1n) is 7.70. The third-order valence-corrected chi connectivity index (χ3v) is 5.78. The SMILES string of the molecule is c1csc(C(NCC2CCCC2)C2CCCC2)c1. The standard InChI is InChI=1S/C16H25NS/c1-2-7-13(6-1)12-17-16(14-8-3-4-9-14)15-10-5-11-18-15/h5,10-11,13-14,16-17H,1-4,6-9,12H2. The van der Waals surface area contributed by atoms with Gasteiger partial charge in [0, 0.05) is 10.9 Å². The van der Waals surface area contributed by atoms with Crippen LogP contribution in [-0.2, 0) is 0 Å². The molecule has 18 heavy (non-hydrogen) atoms. The van der Waals surface area contributed by atoms with Gasteiger partial charge in [-0.1, -0.05) is 31.7 Å². The van der Waals surface area contributed by atoms with Crippen molar-refractivity contribution in [3.63, 3.8) is 0 Å². The molecule has 1 atom stereocenters. The molecule has 2 heteroatoms. The third-order valence-electron chi connectivity index (χ3n) is 4.82. The molecular weight excluding hydrogens is 238 g/mol. The second-order valence-electron chi connectivity index (χ2n) is 6.10. The highest BCUT2D eigenvalue weighted by atomic mass is 32.1. The predicted octanol–water partition coefficient (Wildman–Crippen LogP) is 4.76. The van der Waals surface area contributed by atoms with Gasteiger partial charge in [0.25, 0.3) is 0 Å². The minimum absolute atomic E-state index is 0.646. The van der Waals surface area contributed by atoms with Crippen LogP contribution in [0.3, 0.4) is 0 Å². The van der Waals surface area contributed by atoms with E-state index in [9.17, 15) is 0 Å². The van der Waals surface area contributed by atoms with Gasteiger partial charge in [-0.25, -0.2) is 0 Å². The van der Waals surface area contributed by atoms with Gasteiger partial charge in [0.2, 0.25) is 0 Å². The Kier molecular flexibility index (Phi) is 4.37. The Balaban J connectivity index is 1.61. The third kappa shape index (κ3) is 2.97. The molecule has 2 aliphatic carbocycles. The zero-order valence-electron chi connectivity index (χ0n) is 11.2. The van der Waals surface area contributed by atoms with E-state index in [1.165, 1.54) is 57.9 Å². The Hall–Kier alpha value is -0.340. The molecule has 2 aliphatic rings. The van der Waals surface area contributed by atoms with Gasteiger partial charge in [-0.3, -0.25) is 0 Å². The first-order chi connectivity index (χ1) is 8.93. The van der Waals surface area contributed by atoms with Crippen LogP contribution in [0.4, 0.5) is 0 Å². The van der Waals surface area contributed by atoms with Crippen LogP contribution in [0.1, 0.15) is 62.3 Å². The monoisotopic (exact) mass is 263 g/mol. The zero-order valence-corrected chi connectivity index (χ0v) is 12.1. The van der Waals surface area contributed by atoms with E-state index in [1.54, 1.807) is 4.88 Å². The molecule has 3 rings (SSSR count). The highest BCUT2D eigenvalue weighted by Crippen LogP contribution is 2.37. The summed E-state index contributed by atoms with van der Waals surface area (Å²) in [6, 6.07) is 5.18. The van der Waals surface area contributed by atoms with E-state index < -0.39 is 0 Å². The largest absolute Gasteiger partial charge is 0.309 e. The molecule has 0 radical (unpaired) electrons. The van der Waals surface area contributed by atoms with Crippen molar-refractivity contribution in [2.75, 3.05) is 6.54 Å². The fourth-order valence-electron chi connectivity index (χ4n) is 3.77. The average molecular weight is 263 g/mol. The molecule has 1 nitrogen and oxygen atoms in total. The second kappa shape index (κ2) is 6.21. The second-order valence-corrected chi connectivity index (χ2v) is 7.08. The maximum atomic E-state index is 3.92. The maximum Gasteiger partial charge on any atom is 0.0443 e. The Morgan fingerprint density at radius 1 is 1.11 bits per heavy atom. The highest BCUT2D eigenvalue weighted by molar-refractivity contribution is 7.10. The average Bonchev–Trinajstić information content (AvgIpc) is 3.14. The fourth-order valence-corrected chi connectivity index (χ4v) is 4.66. The van der Waals surface area contributed by atoms with Crippen molar-refractivity contribution in [1.82, 2.24) is 5.32 Å². The normalized spacial score (nSPS) is 23.8. The summed E-state index contributed by atoms with van der Waals surface area (Å²) >= 11 is 1.94. The van der Waals surface area contributed by atoms with Crippen LogP contribution < -0.4 is 5.32 Å².